The molecule has 6 heteroatoms. The summed E-state index contributed by atoms with van der Waals surface area (Å²) in [5, 5.41) is 1.10. The summed E-state index contributed by atoms with van der Waals surface area (Å²) in [6, 6.07) is 30.3. The number of fused-ring (bicyclic) bond motifs is 1. The zero-order chi connectivity index (χ0) is 27.0. The second-order valence-electron chi connectivity index (χ2n) is 9.53. The third-order valence-corrected chi connectivity index (χ3v) is 7.07. The van der Waals surface area contributed by atoms with Crippen molar-refractivity contribution in [2.75, 3.05) is 26.8 Å². The van der Waals surface area contributed by atoms with Crippen LogP contribution in [0.5, 0.6) is 0 Å². The first kappa shape index (κ1) is 26.3. The van der Waals surface area contributed by atoms with Crippen molar-refractivity contribution < 1.29 is 19.1 Å². The lowest BCUT2D eigenvalue weighted by Crippen LogP contribution is -2.38. The molecule has 0 atom stereocenters. The molecule has 1 aliphatic heterocycles. The van der Waals surface area contributed by atoms with Crippen LogP contribution in [0, 0.1) is 0 Å². The van der Waals surface area contributed by atoms with Crippen LogP contribution in [0.2, 0.25) is 0 Å². The molecule has 0 spiro atoms. The first-order valence-electron chi connectivity index (χ1n) is 13.3. The molecular weight excluding hydrogens is 488 g/mol. The fourth-order valence-corrected chi connectivity index (χ4v) is 5.06. The minimum atomic E-state index is -0.301. The minimum Gasteiger partial charge on any atom is -0.445 e. The largest absolute Gasteiger partial charge is 0.445 e. The Bertz CT molecular complexity index is 1470. The van der Waals surface area contributed by atoms with Gasteiger partial charge in [-0.1, -0.05) is 84.9 Å². The number of hydrogen-bond donors (Lipinski definition) is 0. The van der Waals surface area contributed by atoms with E-state index in [1.807, 2.05) is 72.3 Å². The van der Waals surface area contributed by atoms with Crippen molar-refractivity contribution in [3.05, 3.63) is 125 Å². The van der Waals surface area contributed by atoms with Crippen LogP contribution in [0.25, 0.3) is 16.5 Å². The zero-order valence-electron chi connectivity index (χ0n) is 22.5. The highest BCUT2D eigenvalue weighted by molar-refractivity contribution is 5.87. The Morgan fingerprint density at radius 3 is 2.26 bits per heavy atom. The Morgan fingerprint density at radius 1 is 0.897 bits per heavy atom. The molecule has 5 rings (SSSR count). The number of aromatic nitrogens is 1. The molecule has 39 heavy (non-hydrogen) atoms. The highest BCUT2D eigenvalue weighted by atomic mass is 16.6. The van der Waals surface area contributed by atoms with Crippen LogP contribution in [0.4, 0.5) is 4.79 Å². The third kappa shape index (κ3) is 6.07. The van der Waals surface area contributed by atoms with Gasteiger partial charge in [0.05, 0.1) is 24.4 Å². The van der Waals surface area contributed by atoms with Crippen LogP contribution in [-0.4, -0.2) is 42.5 Å². The van der Waals surface area contributed by atoms with Gasteiger partial charge in [0.25, 0.3) is 0 Å². The number of ether oxygens (including phenoxy) is 2. The molecular formula is C33H34N2O4. The monoisotopic (exact) mass is 522 g/mol. The lowest BCUT2D eigenvalue weighted by atomic mass is 9.91. The summed E-state index contributed by atoms with van der Waals surface area (Å²) in [4.78, 5) is 20.6. The molecule has 1 amide bonds. The van der Waals surface area contributed by atoms with Crippen molar-refractivity contribution in [3.8, 4) is 0 Å². The molecule has 200 valence electrons. The topological polar surface area (TPSA) is 52.9 Å². The molecule has 1 aliphatic rings. The lowest BCUT2D eigenvalue weighted by molar-refractivity contribution is 0.0976. The Hall–Kier alpha value is -4.29. The van der Waals surface area contributed by atoms with Gasteiger partial charge in [-0.3, -0.25) is 0 Å². The normalized spacial score (nSPS) is 15.9. The van der Waals surface area contributed by atoms with E-state index < -0.39 is 0 Å². The highest BCUT2D eigenvalue weighted by Gasteiger charge is 2.27. The molecule has 4 aromatic rings. The Morgan fingerprint density at radius 2 is 1.56 bits per heavy atom. The van der Waals surface area contributed by atoms with Gasteiger partial charge in [0.15, 0.2) is 0 Å². The van der Waals surface area contributed by atoms with E-state index in [2.05, 4.69) is 36.4 Å². The van der Waals surface area contributed by atoms with Crippen LogP contribution >= 0.6 is 0 Å². The molecule has 1 saturated heterocycles. The second kappa shape index (κ2) is 12.5. The van der Waals surface area contributed by atoms with Gasteiger partial charge in [-0.15, -0.1) is 0 Å². The van der Waals surface area contributed by atoms with E-state index in [4.69, 9.17) is 14.3 Å². The van der Waals surface area contributed by atoms with Crippen LogP contribution in [-0.2, 0) is 22.7 Å². The average Bonchev–Trinajstić information content (AvgIpc) is 3.37. The Balaban J connectivity index is 1.42. The third-order valence-electron chi connectivity index (χ3n) is 7.07. The van der Waals surface area contributed by atoms with E-state index in [1.165, 1.54) is 5.57 Å². The Labute approximate surface area is 229 Å². The maximum Gasteiger partial charge on any atom is 0.410 e. The molecule has 2 heterocycles. The number of rotatable bonds is 8. The number of likely N-dealkylation sites (tertiary alicyclic amines) is 1. The predicted molar refractivity (Wildman–Crippen MR) is 154 cm³/mol. The highest BCUT2D eigenvalue weighted by Crippen LogP contribution is 2.34. The number of para-hydroxylation sites is 1. The number of carbonyl (C=O) groups excluding carboxylic acids is 1. The van der Waals surface area contributed by atoms with Gasteiger partial charge in [0.1, 0.15) is 13.7 Å². The van der Waals surface area contributed by atoms with E-state index in [0.29, 0.717) is 32.7 Å². The van der Waals surface area contributed by atoms with Gasteiger partial charge in [-0.05, 0) is 47.8 Å². The van der Waals surface area contributed by atoms with E-state index in [0.717, 1.165) is 38.9 Å². The number of piperidine rings is 1. The van der Waals surface area contributed by atoms with Gasteiger partial charge in [-0.25, -0.2) is 4.79 Å². The fourth-order valence-electron chi connectivity index (χ4n) is 5.06. The van der Waals surface area contributed by atoms with Crippen LogP contribution in [0.15, 0.2) is 108 Å². The molecule has 0 radical (unpaired) electrons. The number of benzene rings is 3. The molecule has 0 N–H and O–H groups in total. The summed E-state index contributed by atoms with van der Waals surface area (Å²) in [7, 11) is 1.69. The van der Waals surface area contributed by atoms with Gasteiger partial charge in [0, 0.05) is 24.0 Å². The molecule has 3 aromatic carbocycles. The molecule has 1 aromatic heterocycles. The summed E-state index contributed by atoms with van der Waals surface area (Å²) in [6.45, 7) is 4.25. The van der Waals surface area contributed by atoms with E-state index in [-0.39, 0.29) is 12.7 Å². The van der Waals surface area contributed by atoms with Crippen molar-refractivity contribution in [3.63, 3.8) is 0 Å². The maximum absolute atomic E-state index is 12.9. The molecule has 0 bridgehead atoms. The minimum absolute atomic E-state index is 0.260. The van der Waals surface area contributed by atoms with Crippen LogP contribution < -0.4 is 4.84 Å². The average molecular weight is 523 g/mol. The van der Waals surface area contributed by atoms with Crippen LogP contribution in [0.3, 0.4) is 0 Å². The van der Waals surface area contributed by atoms with Crippen molar-refractivity contribution in [2.24, 2.45) is 0 Å². The number of allylic oxidation sites excluding steroid dienone is 1. The molecule has 1 fully saturated rings. The molecule has 0 saturated carbocycles. The van der Waals surface area contributed by atoms with Gasteiger partial charge in [-0.2, -0.15) is 4.73 Å². The van der Waals surface area contributed by atoms with Gasteiger partial charge >= 0.3 is 6.09 Å². The van der Waals surface area contributed by atoms with Crippen molar-refractivity contribution in [2.45, 2.75) is 26.6 Å². The number of amides is 1. The van der Waals surface area contributed by atoms with E-state index in [9.17, 15) is 4.79 Å². The van der Waals surface area contributed by atoms with E-state index in [1.54, 1.807) is 12.0 Å². The summed E-state index contributed by atoms with van der Waals surface area (Å²) < 4.78 is 13.8. The fraction of sp³-hybridized carbons (Fsp3) is 0.242. The second-order valence-corrected chi connectivity index (χ2v) is 9.53. The number of nitrogens with zero attached hydrogens (tertiary/aromatic N) is 2. The summed E-state index contributed by atoms with van der Waals surface area (Å²) in [6.07, 6.45) is 2.48. The zero-order valence-corrected chi connectivity index (χ0v) is 22.5. The molecule has 0 aliphatic carbocycles. The first-order valence-corrected chi connectivity index (χ1v) is 13.3. The summed E-state index contributed by atoms with van der Waals surface area (Å²) >= 11 is 0. The Kier molecular flexibility index (Phi) is 8.44. The standard InChI is InChI=1S/C33H34N2O4/c1-3-27-21-34(33(36)39-23-26-14-8-5-9-15-26)19-18-29(27)30(24-38-22-25-12-6-4-7-13-25)32-20-28-16-10-11-17-31(28)35(32)37-2/h3-17,20H,18-19,21-24H2,1-2H3/b27-3+,30-29-. The number of carbonyl (C=O) groups is 1. The van der Waals surface area contributed by atoms with Crippen molar-refractivity contribution >= 4 is 22.6 Å². The van der Waals surface area contributed by atoms with E-state index >= 15 is 0 Å². The summed E-state index contributed by atoms with van der Waals surface area (Å²) in [5.41, 5.74) is 7.38. The smallest absolute Gasteiger partial charge is 0.410 e. The maximum atomic E-state index is 12.9. The predicted octanol–water partition coefficient (Wildman–Crippen LogP) is 6.66. The molecule has 6 nitrogen and oxygen atoms in total. The SMILES string of the molecule is C/C=C1\CN(C(=O)OCc2ccccc2)CC\C1=C(/COCc1ccccc1)c1cc2ccccc2n1OC. The first-order chi connectivity index (χ1) is 19.2. The summed E-state index contributed by atoms with van der Waals surface area (Å²) in [5.74, 6) is 0. The number of hydrogen-bond acceptors (Lipinski definition) is 4. The van der Waals surface area contributed by atoms with Crippen molar-refractivity contribution in [1.29, 1.82) is 0 Å². The van der Waals surface area contributed by atoms with Crippen LogP contribution in [0.1, 0.15) is 30.2 Å². The van der Waals surface area contributed by atoms with Crippen molar-refractivity contribution in [1.82, 2.24) is 9.63 Å². The molecule has 0 unspecified atom stereocenters. The van der Waals surface area contributed by atoms with Gasteiger partial charge < -0.3 is 19.2 Å². The van der Waals surface area contributed by atoms with Gasteiger partial charge in [0.2, 0.25) is 0 Å². The quantitative estimate of drug-likeness (QED) is 0.260. The lowest BCUT2D eigenvalue weighted by Gasteiger charge is -2.31.